The number of benzene rings is 1. The lowest BCUT2D eigenvalue weighted by atomic mass is 10.1. The van der Waals surface area contributed by atoms with Crippen molar-refractivity contribution in [1.82, 2.24) is 4.57 Å². The normalized spacial score (nSPS) is 13.2. The molecule has 0 saturated heterocycles. The molecule has 0 N–H and O–H groups in total. The molecule has 0 unspecified atom stereocenters. The Hall–Kier alpha value is -2.89. The Morgan fingerprint density at radius 3 is 2.39 bits per heavy atom. The largest absolute Gasteiger partial charge is 0.493 e. The van der Waals surface area contributed by atoms with Gasteiger partial charge in [-0.05, 0) is 63.9 Å². The summed E-state index contributed by atoms with van der Waals surface area (Å²) in [6.07, 6.45) is 2.34. The highest BCUT2D eigenvalue weighted by molar-refractivity contribution is 5.99. The van der Waals surface area contributed by atoms with E-state index >= 15 is 0 Å². The van der Waals surface area contributed by atoms with E-state index in [2.05, 4.69) is 4.57 Å². The third kappa shape index (κ3) is 4.68. The van der Waals surface area contributed by atoms with Gasteiger partial charge in [-0.25, -0.2) is 0 Å². The third-order valence-electron chi connectivity index (χ3n) is 4.90. The van der Waals surface area contributed by atoms with Crippen LogP contribution in [0.3, 0.4) is 0 Å². The van der Waals surface area contributed by atoms with E-state index in [4.69, 9.17) is 9.47 Å². The average Bonchev–Trinajstić information content (AvgIpc) is 3.45. The third-order valence-corrected chi connectivity index (χ3v) is 4.90. The Morgan fingerprint density at radius 2 is 1.79 bits per heavy atom. The molecule has 6 nitrogen and oxygen atoms in total. The van der Waals surface area contributed by atoms with Crippen LogP contribution in [0.2, 0.25) is 0 Å². The van der Waals surface area contributed by atoms with E-state index in [9.17, 15) is 14.4 Å². The summed E-state index contributed by atoms with van der Waals surface area (Å²) in [6.45, 7) is 5.31. The number of ether oxygens (including phenoxy) is 2. The standard InChI is InChI=1S/C22H25NO5/c1-14-12-20(15(2)23(14)18-6-7-18)21(25)13-28-22(26)10-11-27-19-8-4-17(5-9-19)16(3)24/h4-5,8-9,12,18H,6-7,10-11,13H2,1-3H3. The first-order chi connectivity index (χ1) is 13.4. The summed E-state index contributed by atoms with van der Waals surface area (Å²) in [5.74, 6) is -0.113. The number of ketones is 2. The molecule has 0 bridgehead atoms. The van der Waals surface area contributed by atoms with Gasteiger partial charge >= 0.3 is 5.97 Å². The summed E-state index contributed by atoms with van der Waals surface area (Å²) in [5, 5.41) is 0. The van der Waals surface area contributed by atoms with Gasteiger partial charge in [0.2, 0.25) is 5.78 Å². The van der Waals surface area contributed by atoms with E-state index < -0.39 is 5.97 Å². The van der Waals surface area contributed by atoms with Crippen LogP contribution >= 0.6 is 0 Å². The summed E-state index contributed by atoms with van der Waals surface area (Å²) in [4.78, 5) is 35.5. The van der Waals surface area contributed by atoms with Crippen LogP contribution in [0.4, 0.5) is 0 Å². The van der Waals surface area contributed by atoms with Crippen LogP contribution in [0.15, 0.2) is 30.3 Å². The number of esters is 1. The first-order valence-electron chi connectivity index (χ1n) is 9.48. The maximum Gasteiger partial charge on any atom is 0.309 e. The number of aryl methyl sites for hydroxylation is 1. The second-order valence-corrected chi connectivity index (χ2v) is 7.15. The molecule has 1 saturated carbocycles. The zero-order valence-electron chi connectivity index (χ0n) is 16.5. The van der Waals surface area contributed by atoms with Crippen LogP contribution in [-0.2, 0) is 9.53 Å². The first-order valence-corrected chi connectivity index (χ1v) is 9.48. The van der Waals surface area contributed by atoms with E-state index in [0.29, 0.717) is 22.9 Å². The number of hydrogen-bond donors (Lipinski definition) is 0. The Morgan fingerprint density at radius 1 is 1.11 bits per heavy atom. The van der Waals surface area contributed by atoms with Gasteiger partial charge in [-0.2, -0.15) is 0 Å². The van der Waals surface area contributed by atoms with Crippen molar-refractivity contribution < 1.29 is 23.9 Å². The molecule has 148 valence electrons. The monoisotopic (exact) mass is 383 g/mol. The number of nitrogens with zero attached hydrogens (tertiary/aromatic N) is 1. The van der Waals surface area contributed by atoms with Gasteiger partial charge in [-0.1, -0.05) is 0 Å². The summed E-state index contributed by atoms with van der Waals surface area (Å²) in [6, 6.07) is 9.09. The van der Waals surface area contributed by atoms with Crippen LogP contribution < -0.4 is 4.74 Å². The maximum atomic E-state index is 12.4. The van der Waals surface area contributed by atoms with Crippen molar-refractivity contribution in [2.24, 2.45) is 0 Å². The maximum absolute atomic E-state index is 12.4. The molecule has 0 atom stereocenters. The van der Waals surface area contributed by atoms with Gasteiger partial charge in [0.15, 0.2) is 12.4 Å². The Balaban J connectivity index is 1.43. The van der Waals surface area contributed by atoms with E-state index in [1.807, 2.05) is 19.9 Å². The fraction of sp³-hybridized carbons (Fsp3) is 0.409. The van der Waals surface area contributed by atoms with Gasteiger partial charge in [0.1, 0.15) is 5.75 Å². The molecule has 1 aliphatic carbocycles. The molecule has 1 aromatic heterocycles. The predicted octanol–water partition coefficient (Wildman–Crippen LogP) is 3.84. The van der Waals surface area contributed by atoms with Gasteiger partial charge in [0, 0.05) is 28.6 Å². The van der Waals surface area contributed by atoms with Crippen molar-refractivity contribution in [2.45, 2.75) is 46.1 Å². The van der Waals surface area contributed by atoms with Crippen molar-refractivity contribution in [3.05, 3.63) is 52.8 Å². The Labute approximate surface area is 164 Å². The molecule has 2 aromatic rings. The lowest BCUT2D eigenvalue weighted by Crippen LogP contribution is -2.16. The second-order valence-electron chi connectivity index (χ2n) is 7.15. The first kappa shape index (κ1) is 19.9. The highest BCUT2D eigenvalue weighted by Crippen LogP contribution is 2.38. The minimum atomic E-state index is -0.482. The highest BCUT2D eigenvalue weighted by Gasteiger charge is 2.28. The van der Waals surface area contributed by atoms with Crippen LogP contribution in [0.25, 0.3) is 0 Å². The van der Waals surface area contributed by atoms with Crippen LogP contribution in [0.1, 0.15) is 64.3 Å². The average molecular weight is 383 g/mol. The number of rotatable bonds is 9. The fourth-order valence-electron chi connectivity index (χ4n) is 3.29. The fourth-order valence-corrected chi connectivity index (χ4v) is 3.29. The number of carbonyl (C=O) groups is 3. The highest BCUT2D eigenvalue weighted by atomic mass is 16.5. The molecular weight excluding hydrogens is 358 g/mol. The molecule has 1 heterocycles. The molecule has 6 heteroatoms. The van der Waals surface area contributed by atoms with Crippen molar-refractivity contribution >= 4 is 17.5 Å². The SMILES string of the molecule is CC(=O)c1ccc(OCCC(=O)OCC(=O)c2cc(C)n(C3CC3)c2C)cc1. The lowest BCUT2D eigenvalue weighted by molar-refractivity contribution is -0.143. The van der Waals surface area contributed by atoms with Gasteiger partial charge in [0.25, 0.3) is 0 Å². The number of aromatic nitrogens is 1. The predicted molar refractivity (Wildman–Crippen MR) is 104 cm³/mol. The van der Waals surface area contributed by atoms with Crippen molar-refractivity contribution in [2.75, 3.05) is 13.2 Å². The minimum Gasteiger partial charge on any atom is -0.493 e. The van der Waals surface area contributed by atoms with Crippen LogP contribution in [-0.4, -0.2) is 35.3 Å². The number of carbonyl (C=O) groups excluding carboxylic acids is 3. The Bertz CT molecular complexity index is 890. The lowest BCUT2D eigenvalue weighted by Gasteiger charge is -2.08. The van der Waals surface area contributed by atoms with Crippen molar-refractivity contribution in [3.63, 3.8) is 0 Å². The molecule has 0 amide bonds. The summed E-state index contributed by atoms with van der Waals surface area (Å²) >= 11 is 0. The van der Waals surface area contributed by atoms with Crippen molar-refractivity contribution in [1.29, 1.82) is 0 Å². The van der Waals surface area contributed by atoms with Gasteiger partial charge in [0.05, 0.1) is 13.0 Å². The Kier molecular flexibility index (Phi) is 5.97. The van der Waals surface area contributed by atoms with E-state index in [1.165, 1.54) is 6.92 Å². The summed E-state index contributed by atoms with van der Waals surface area (Å²) in [7, 11) is 0. The number of hydrogen-bond acceptors (Lipinski definition) is 5. The minimum absolute atomic E-state index is 0.0160. The number of Topliss-reactive ketones (excluding diaryl/α,β-unsaturated/α-hetero) is 2. The molecule has 0 radical (unpaired) electrons. The van der Waals surface area contributed by atoms with Gasteiger partial charge in [-0.3, -0.25) is 14.4 Å². The molecule has 1 aliphatic rings. The molecule has 28 heavy (non-hydrogen) atoms. The van der Waals surface area contributed by atoms with Crippen molar-refractivity contribution in [3.8, 4) is 5.75 Å². The molecule has 3 rings (SSSR count). The van der Waals surface area contributed by atoms with Crippen LogP contribution in [0, 0.1) is 13.8 Å². The topological polar surface area (TPSA) is 74.6 Å². The van der Waals surface area contributed by atoms with E-state index in [-0.39, 0.29) is 31.2 Å². The second kappa shape index (κ2) is 8.42. The molecular formula is C22H25NO5. The van der Waals surface area contributed by atoms with Gasteiger partial charge in [-0.15, -0.1) is 0 Å². The quantitative estimate of drug-likeness (QED) is 0.486. The van der Waals surface area contributed by atoms with Crippen LogP contribution in [0.5, 0.6) is 5.75 Å². The van der Waals surface area contributed by atoms with Gasteiger partial charge < -0.3 is 14.0 Å². The summed E-state index contributed by atoms with van der Waals surface area (Å²) < 4.78 is 12.8. The molecule has 1 aromatic carbocycles. The molecule has 0 aliphatic heterocycles. The summed E-state index contributed by atoms with van der Waals surface area (Å²) in [5.41, 5.74) is 3.24. The molecule has 0 spiro atoms. The smallest absolute Gasteiger partial charge is 0.309 e. The zero-order chi connectivity index (χ0) is 20.3. The van der Waals surface area contributed by atoms with E-state index in [1.54, 1.807) is 24.3 Å². The zero-order valence-corrected chi connectivity index (χ0v) is 16.5. The molecule has 1 fully saturated rings. The van der Waals surface area contributed by atoms with E-state index in [0.717, 1.165) is 24.2 Å².